The van der Waals surface area contributed by atoms with Crippen LogP contribution in [0.2, 0.25) is 0 Å². The Hall–Kier alpha value is -2.99. The minimum absolute atomic E-state index is 0.0446. The van der Waals surface area contributed by atoms with Crippen molar-refractivity contribution in [1.82, 2.24) is 14.9 Å². The van der Waals surface area contributed by atoms with Crippen molar-refractivity contribution in [2.24, 2.45) is 5.73 Å². The maximum Gasteiger partial charge on any atom is 0.239 e. The molecule has 28 heavy (non-hydrogen) atoms. The molecule has 2 heterocycles. The summed E-state index contributed by atoms with van der Waals surface area (Å²) in [5.74, 6) is 0.981. The standard InChI is InChI=1S/C22H25N5O/c23-19(11-10-17-6-2-1-3-7-17)22(28)27-14-12-26(13-15-27)21-18-8-4-5-9-20(18)24-16-25-21/h1-9,16,19H,10-15,23H2/t19-/m1/s1. The number of carbonyl (C=O) groups is 1. The van der Waals surface area contributed by atoms with Crippen LogP contribution in [0.25, 0.3) is 10.9 Å². The third-order valence-corrected chi connectivity index (χ3v) is 5.32. The number of nitrogens with zero attached hydrogens (tertiary/aromatic N) is 4. The van der Waals surface area contributed by atoms with Crippen molar-refractivity contribution in [3.8, 4) is 0 Å². The van der Waals surface area contributed by atoms with Gasteiger partial charge in [-0.15, -0.1) is 0 Å². The highest BCUT2D eigenvalue weighted by atomic mass is 16.2. The number of fused-ring (bicyclic) bond motifs is 1. The summed E-state index contributed by atoms with van der Waals surface area (Å²) in [6, 6.07) is 17.7. The molecule has 1 saturated heterocycles. The number of hydrogen-bond donors (Lipinski definition) is 1. The maximum absolute atomic E-state index is 12.7. The normalized spacial score (nSPS) is 15.6. The lowest BCUT2D eigenvalue weighted by Crippen LogP contribution is -2.53. The molecule has 144 valence electrons. The quantitative estimate of drug-likeness (QED) is 0.740. The van der Waals surface area contributed by atoms with Gasteiger partial charge in [0, 0.05) is 31.6 Å². The highest BCUT2D eigenvalue weighted by Gasteiger charge is 2.26. The fraction of sp³-hybridized carbons (Fsp3) is 0.318. The molecule has 6 heteroatoms. The molecule has 1 fully saturated rings. The van der Waals surface area contributed by atoms with Crippen molar-refractivity contribution in [3.63, 3.8) is 0 Å². The lowest BCUT2D eigenvalue weighted by atomic mass is 10.0. The first kappa shape index (κ1) is 18.4. The second-order valence-corrected chi connectivity index (χ2v) is 7.16. The molecule has 0 spiro atoms. The van der Waals surface area contributed by atoms with Gasteiger partial charge < -0.3 is 15.5 Å². The van der Waals surface area contributed by atoms with Crippen LogP contribution in [-0.2, 0) is 11.2 Å². The zero-order chi connectivity index (χ0) is 19.3. The lowest BCUT2D eigenvalue weighted by molar-refractivity contribution is -0.133. The molecular formula is C22H25N5O. The van der Waals surface area contributed by atoms with Crippen LogP contribution in [-0.4, -0.2) is 53.0 Å². The van der Waals surface area contributed by atoms with Gasteiger partial charge in [-0.25, -0.2) is 9.97 Å². The lowest BCUT2D eigenvalue weighted by Gasteiger charge is -2.36. The van der Waals surface area contributed by atoms with Crippen molar-refractivity contribution in [2.45, 2.75) is 18.9 Å². The number of aryl methyl sites for hydroxylation is 1. The second-order valence-electron chi connectivity index (χ2n) is 7.16. The molecule has 1 aromatic heterocycles. The zero-order valence-corrected chi connectivity index (χ0v) is 15.9. The molecule has 1 aliphatic rings. The Kier molecular flexibility index (Phi) is 5.48. The van der Waals surface area contributed by atoms with E-state index in [0.29, 0.717) is 19.5 Å². The molecular weight excluding hydrogens is 350 g/mol. The average molecular weight is 375 g/mol. The summed E-state index contributed by atoms with van der Waals surface area (Å²) in [6.45, 7) is 2.82. The van der Waals surface area contributed by atoms with Gasteiger partial charge in [-0.1, -0.05) is 42.5 Å². The first-order chi connectivity index (χ1) is 13.7. The molecule has 1 amide bonds. The number of anilines is 1. The topological polar surface area (TPSA) is 75.4 Å². The summed E-state index contributed by atoms with van der Waals surface area (Å²) in [5, 5.41) is 1.05. The van der Waals surface area contributed by atoms with Gasteiger partial charge in [-0.05, 0) is 30.5 Å². The first-order valence-electron chi connectivity index (χ1n) is 9.75. The van der Waals surface area contributed by atoms with Crippen molar-refractivity contribution < 1.29 is 4.79 Å². The van der Waals surface area contributed by atoms with E-state index in [1.807, 2.05) is 47.4 Å². The first-order valence-corrected chi connectivity index (χ1v) is 9.75. The van der Waals surface area contributed by atoms with Crippen molar-refractivity contribution >= 4 is 22.6 Å². The summed E-state index contributed by atoms with van der Waals surface area (Å²) < 4.78 is 0. The largest absolute Gasteiger partial charge is 0.352 e. The van der Waals surface area contributed by atoms with E-state index in [0.717, 1.165) is 36.2 Å². The SMILES string of the molecule is N[C@H](CCc1ccccc1)C(=O)N1CCN(c2ncnc3ccccc23)CC1. The van der Waals surface area contributed by atoms with E-state index in [1.54, 1.807) is 6.33 Å². The number of piperazine rings is 1. The van der Waals surface area contributed by atoms with E-state index in [1.165, 1.54) is 5.56 Å². The molecule has 0 bridgehead atoms. The van der Waals surface area contributed by atoms with Gasteiger partial charge in [0.15, 0.2) is 0 Å². The van der Waals surface area contributed by atoms with Gasteiger partial charge >= 0.3 is 0 Å². The Balaban J connectivity index is 1.35. The van der Waals surface area contributed by atoms with Gasteiger partial charge in [0.2, 0.25) is 5.91 Å². The highest BCUT2D eigenvalue weighted by Crippen LogP contribution is 2.23. The summed E-state index contributed by atoms with van der Waals surface area (Å²) in [7, 11) is 0. The predicted octanol–water partition coefficient (Wildman–Crippen LogP) is 2.24. The van der Waals surface area contributed by atoms with E-state index >= 15 is 0 Å². The average Bonchev–Trinajstić information content (AvgIpc) is 2.77. The van der Waals surface area contributed by atoms with Crippen LogP contribution < -0.4 is 10.6 Å². The van der Waals surface area contributed by atoms with Gasteiger partial charge in [0.05, 0.1) is 11.6 Å². The maximum atomic E-state index is 12.7. The fourth-order valence-corrected chi connectivity index (χ4v) is 3.71. The highest BCUT2D eigenvalue weighted by molar-refractivity contribution is 5.89. The third-order valence-electron chi connectivity index (χ3n) is 5.32. The molecule has 2 aromatic carbocycles. The van der Waals surface area contributed by atoms with Crippen LogP contribution in [0.3, 0.4) is 0 Å². The van der Waals surface area contributed by atoms with Gasteiger partial charge in [-0.3, -0.25) is 4.79 Å². The molecule has 0 aliphatic carbocycles. The Morgan fingerprint density at radius 2 is 1.68 bits per heavy atom. The van der Waals surface area contributed by atoms with Crippen LogP contribution in [0.5, 0.6) is 0 Å². The van der Waals surface area contributed by atoms with Crippen molar-refractivity contribution in [1.29, 1.82) is 0 Å². The monoisotopic (exact) mass is 375 g/mol. The molecule has 1 atom stereocenters. The van der Waals surface area contributed by atoms with E-state index in [4.69, 9.17) is 5.73 Å². The van der Waals surface area contributed by atoms with Gasteiger partial charge in [0.25, 0.3) is 0 Å². The molecule has 0 radical (unpaired) electrons. The molecule has 0 unspecified atom stereocenters. The molecule has 1 aliphatic heterocycles. The second kappa shape index (κ2) is 8.35. The van der Waals surface area contributed by atoms with Crippen molar-refractivity contribution in [2.75, 3.05) is 31.1 Å². The summed E-state index contributed by atoms with van der Waals surface area (Å²) >= 11 is 0. The fourth-order valence-electron chi connectivity index (χ4n) is 3.71. The smallest absolute Gasteiger partial charge is 0.239 e. The summed E-state index contributed by atoms with van der Waals surface area (Å²) in [6.07, 6.45) is 3.09. The molecule has 2 N–H and O–H groups in total. The third kappa shape index (κ3) is 3.97. The summed E-state index contributed by atoms with van der Waals surface area (Å²) in [5.41, 5.74) is 8.34. The number of aromatic nitrogens is 2. The number of hydrogen-bond acceptors (Lipinski definition) is 5. The van der Waals surface area contributed by atoms with E-state index < -0.39 is 6.04 Å². The number of carbonyl (C=O) groups excluding carboxylic acids is 1. The van der Waals surface area contributed by atoms with Crippen LogP contribution >= 0.6 is 0 Å². The van der Waals surface area contributed by atoms with Crippen molar-refractivity contribution in [3.05, 3.63) is 66.5 Å². The zero-order valence-electron chi connectivity index (χ0n) is 15.9. The number of benzene rings is 2. The molecule has 0 saturated carbocycles. The molecule has 4 rings (SSSR count). The number of para-hydroxylation sites is 1. The Bertz CT molecular complexity index is 933. The predicted molar refractivity (Wildman–Crippen MR) is 111 cm³/mol. The Labute approximate surface area is 165 Å². The van der Waals surface area contributed by atoms with Gasteiger partial charge in [0.1, 0.15) is 12.1 Å². The van der Waals surface area contributed by atoms with E-state index in [-0.39, 0.29) is 5.91 Å². The number of nitrogens with two attached hydrogens (primary N) is 1. The minimum atomic E-state index is -0.452. The van der Waals surface area contributed by atoms with Gasteiger partial charge in [-0.2, -0.15) is 0 Å². The Morgan fingerprint density at radius 1 is 0.964 bits per heavy atom. The minimum Gasteiger partial charge on any atom is -0.352 e. The van der Waals surface area contributed by atoms with Crippen LogP contribution in [0.1, 0.15) is 12.0 Å². The molecule has 3 aromatic rings. The number of amides is 1. The van der Waals surface area contributed by atoms with Crippen LogP contribution in [0, 0.1) is 0 Å². The van der Waals surface area contributed by atoms with E-state index in [9.17, 15) is 4.79 Å². The van der Waals surface area contributed by atoms with Crippen LogP contribution in [0.4, 0.5) is 5.82 Å². The Morgan fingerprint density at radius 3 is 2.46 bits per heavy atom. The number of rotatable bonds is 5. The summed E-state index contributed by atoms with van der Waals surface area (Å²) in [4.78, 5) is 25.7. The van der Waals surface area contributed by atoms with Crippen LogP contribution in [0.15, 0.2) is 60.9 Å². The van der Waals surface area contributed by atoms with E-state index in [2.05, 4.69) is 27.0 Å². The molecule has 6 nitrogen and oxygen atoms in total.